The molecule has 2 N–H and O–H groups in total. The second-order valence-corrected chi connectivity index (χ2v) is 4.77. The van der Waals surface area contributed by atoms with Crippen LogP contribution < -0.4 is 10.5 Å². The molecule has 0 aliphatic rings. The molecule has 5 heteroatoms. The summed E-state index contributed by atoms with van der Waals surface area (Å²) in [6.45, 7) is 0.336. The number of thiocarbonyl (C=S) groups is 1. The zero-order valence-corrected chi connectivity index (χ0v) is 11.5. The molecule has 0 aromatic heterocycles. The number of nitrogens with two attached hydrogens (primary N) is 1. The summed E-state index contributed by atoms with van der Waals surface area (Å²) in [5, 5.41) is 0.448. The first-order chi connectivity index (χ1) is 9.06. The van der Waals surface area contributed by atoms with E-state index in [1.54, 1.807) is 30.3 Å². The van der Waals surface area contributed by atoms with Crippen LogP contribution >= 0.6 is 23.8 Å². The first-order valence-corrected chi connectivity index (χ1v) is 6.31. The first kappa shape index (κ1) is 13.8. The summed E-state index contributed by atoms with van der Waals surface area (Å²) in [7, 11) is 0. The van der Waals surface area contributed by atoms with E-state index in [0.717, 1.165) is 5.56 Å². The lowest BCUT2D eigenvalue weighted by Gasteiger charge is -2.08. The molecule has 0 heterocycles. The molecular weight excluding hydrogens is 285 g/mol. The lowest BCUT2D eigenvalue weighted by molar-refractivity contribution is 0.306. The fourth-order valence-corrected chi connectivity index (χ4v) is 2.04. The van der Waals surface area contributed by atoms with Crippen molar-refractivity contribution < 1.29 is 9.13 Å². The van der Waals surface area contributed by atoms with Crippen molar-refractivity contribution in [3.63, 3.8) is 0 Å². The predicted octanol–water partition coefficient (Wildman–Crippen LogP) is 3.69. The minimum Gasteiger partial charge on any atom is -0.489 e. The van der Waals surface area contributed by atoms with Gasteiger partial charge >= 0.3 is 0 Å². The molecule has 0 saturated heterocycles. The Bertz CT molecular complexity index is 601. The van der Waals surface area contributed by atoms with Gasteiger partial charge in [-0.05, 0) is 35.9 Å². The maximum absolute atomic E-state index is 12.7. The summed E-state index contributed by atoms with van der Waals surface area (Å²) >= 11 is 10.9. The van der Waals surface area contributed by atoms with E-state index in [1.807, 2.05) is 0 Å². The van der Waals surface area contributed by atoms with Crippen molar-refractivity contribution in [3.8, 4) is 5.75 Å². The van der Waals surface area contributed by atoms with Crippen LogP contribution in [-0.4, -0.2) is 4.99 Å². The molecule has 0 spiro atoms. The van der Waals surface area contributed by atoms with E-state index in [2.05, 4.69) is 0 Å². The summed E-state index contributed by atoms with van der Waals surface area (Å²) in [5.74, 6) is 0.335. The number of hydrogen-bond acceptors (Lipinski definition) is 2. The molecule has 2 rings (SSSR count). The van der Waals surface area contributed by atoms with Crippen molar-refractivity contribution in [3.05, 3.63) is 64.4 Å². The average Bonchev–Trinajstić information content (AvgIpc) is 2.37. The number of benzene rings is 2. The average molecular weight is 296 g/mol. The lowest BCUT2D eigenvalue weighted by Crippen LogP contribution is -2.09. The van der Waals surface area contributed by atoms with Crippen LogP contribution in [0.2, 0.25) is 5.02 Å². The molecule has 0 aliphatic heterocycles. The summed E-state index contributed by atoms with van der Waals surface area (Å²) in [4.78, 5) is 0.245. The zero-order valence-electron chi connectivity index (χ0n) is 9.90. The highest BCUT2D eigenvalue weighted by Gasteiger charge is 2.05. The van der Waals surface area contributed by atoms with E-state index < -0.39 is 0 Å². The molecule has 2 aromatic carbocycles. The summed E-state index contributed by atoms with van der Waals surface area (Å²) < 4.78 is 18.3. The van der Waals surface area contributed by atoms with E-state index in [-0.39, 0.29) is 10.8 Å². The van der Waals surface area contributed by atoms with Crippen molar-refractivity contribution in [1.29, 1.82) is 0 Å². The quantitative estimate of drug-likeness (QED) is 0.874. The highest BCUT2D eigenvalue weighted by Crippen LogP contribution is 2.23. The van der Waals surface area contributed by atoms with Crippen LogP contribution in [0.15, 0.2) is 42.5 Å². The maximum Gasteiger partial charge on any atom is 0.123 e. The number of hydrogen-bond donors (Lipinski definition) is 1. The predicted molar refractivity (Wildman–Crippen MR) is 78.1 cm³/mol. The van der Waals surface area contributed by atoms with Crippen molar-refractivity contribution in [1.82, 2.24) is 0 Å². The molecule has 0 bridgehead atoms. The van der Waals surface area contributed by atoms with Crippen LogP contribution in [0.25, 0.3) is 0 Å². The lowest BCUT2D eigenvalue weighted by atomic mass is 10.2. The minimum atomic E-state index is -0.271. The molecule has 98 valence electrons. The summed E-state index contributed by atoms with van der Waals surface area (Å²) in [6.07, 6.45) is 0. The Labute approximate surface area is 120 Å². The molecule has 0 saturated carbocycles. The second-order valence-electron chi connectivity index (χ2n) is 3.92. The highest BCUT2D eigenvalue weighted by atomic mass is 35.5. The molecule has 0 atom stereocenters. The fraction of sp³-hybridized carbons (Fsp3) is 0.0714. The molecule has 0 aliphatic carbocycles. The van der Waals surface area contributed by atoms with Gasteiger partial charge in [-0.2, -0.15) is 0 Å². The maximum atomic E-state index is 12.7. The van der Waals surface area contributed by atoms with Gasteiger partial charge in [0, 0.05) is 5.56 Å². The molecule has 19 heavy (non-hydrogen) atoms. The smallest absolute Gasteiger partial charge is 0.123 e. The van der Waals surface area contributed by atoms with Crippen LogP contribution in [0.5, 0.6) is 5.75 Å². The van der Waals surface area contributed by atoms with Gasteiger partial charge < -0.3 is 10.5 Å². The van der Waals surface area contributed by atoms with Crippen LogP contribution in [0, 0.1) is 5.82 Å². The van der Waals surface area contributed by atoms with Gasteiger partial charge in [-0.15, -0.1) is 0 Å². The van der Waals surface area contributed by atoms with Gasteiger partial charge in [-0.3, -0.25) is 0 Å². The van der Waals surface area contributed by atoms with Gasteiger partial charge in [0.15, 0.2) is 0 Å². The van der Waals surface area contributed by atoms with Crippen LogP contribution in [0.4, 0.5) is 4.39 Å². The monoisotopic (exact) mass is 295 g/mol. The van der Waals surface area contributed by atoms with E-state index in [0.29, 0.717) is 22.9 Å². The third-order valence-electron chi connectivity index (χ3n) is 2.52. The standard InChI is InChI=1S/C14H11ClFNOS/c15-13-7-11(5-6-12(13)14(17)19)18-8-9-1-3-10(16)4-2-9/h1-7H,8H2,(H2,17,19). The van der Waals surface area contributed by atoms with Gasteiger partial charge in [0.25, 0.3) is 0 Å². The Kier molecular flexibility index (Phi) is 4.35. The fourth-order valence-electron chi connectivity index (χ4n) is 1.53. The molecule has 2 nitrogen and oxygen atoms in total. The van der Waals surface area contributed by atoms with Gasteiger partial charge in [0.1, 0.15) is 23.2 Å². The van der Waals surface area contributed by atoms with E-state index in [1.165, 1.54) is 12.1 Å². The second kappa shape index (κ2) is 5.99. The normalized spacial score (nSPS) is 10.2. The van der Waals surface area contributed by atoms with Gasteiger partial charge in [-0.25, -0.2) is 4.39 Å². The molecular formula is C14H11ClFNOS. The number of ether oxygens (including phenoxy) is 1. The zero-order chi connectivity index (χ0) is 13.8. The van der Waals surface area contributed by atoms with Crippen molar-refractivity contribution >= 4 is 28.8 Å². The Balaban J connectivity index is 2.06. The SMILES string of the molecule is NC(=S)c1ccc(OCc2ccc(F)cc2)cc1Cl. The van der Waals surface area contributed by atoms with Crippen LogP contribution in [-0.2, 0) is 6.61 Å². The number of rotatable bonds is 4. The molecule has 0 fully saturated rings. The van der Waals surface area contributed by atoms with Crippen molar-refractivity contribution in [2.45, 2.75) is 6.61 Å². The molecule has 0 amide bonds. The Morgan fingerprint density at radius 1 is 1.21 bits per heavy atom. The van der Waals surface area contributed by atoms with Crippen molar-refractivity contribution in [2.24, 2.45) is 5.73 Å². The van der Waals surface area contributed by atoms with Gasteiger partial charge in [0.05, 0.1) is 5.02 Å². The topological polar surface area (TPSA) is 35.2 Å². The molecule has 0 unspecified atom stereocenters. The number of halogens is 2. The van der Waals surface area contributed by atoms with Crippen LogP contribution in [0.3, 0.4) is 0 Å². The highest BCUT2D eigenvalue weighted by molar-refractivity contribution is 7.80. The Morgan fingerprint density at radius 3 is 2.47 bits per heavy atom. The third-order valence-corrected chi connectivity index (χ3v) is 3.06. The van der Waals surface area contributed by atoms with Gasteiger partial charge in [0.2, 0.25) is 0 Å². The molecule has 0 radical (unpaired) electrons. The van der Waals surface area contributed by atoms with Crippen LogP contribution in [0.1, 0.15) is 11.1 Å². The Hall–Kier alpha value is -1.65. The van der Waals surface area contributed by atoms with E-state index >= 15 is 0 Å². The van der Waals surface area contributed by atoms with E-state index in [9.17, 15) is 4.39 Å². The summed E-state index contributed by atoms with van der Waals surface area (Å²) in [6, 6.07) is 11.2. The van der Waals surface area contributed by atoms with Crippen molar-refractivity contribution in [2.75, 3.05) is 0 Å². The first-order valence-electron chi connectivity index (χ1n) is 5.53. The largest absolute Gasteiger partial charge is 0.489 e. The van der Waals surface area contributed by atoms with Gasteiger partial charge in [-0.1, -0.05) is 36.0 Å². The third kappa shape index (κ3) is 3.66. The molecule has 2 aromatic rings. The minimum absolute atomic E-state index is 0.245. The Morgan fingerprint density at radius 2 is 1.89 bits per heavy atom. The van der Waals surface area contributed by atoms with E-state index in [4.69, 9.17) is 34.3 Å². The summed E-state index contributed by atoms with van der Waals surface area (Å²) in [5.41, 5.74) is 7.00.